The van der Waals surface area contributed by atoms with E-state index in [0.717, 1.165) is 30.7 Å². The van der Waals surface area contributed by atoms with Crippen LogP contribution < -0.4 is 10.6 Å². The highest BCUT2D eigenvalue weighted by Gasteiger charge is 2.34. The maximum absolute atomic E-state index is 6.33. The Bertz CT molecular complexity index is 622. The molecule has 1 saturated heterocycles. The molecule has 0 aromatic heterocycles. The van der Waals surface area contributed by atoms with Gasteiger partial charge >= 0.3 is 0 Å². The summed E-state index contributed by atoms with van der Waals surface area (Å²) in [6, 6.07) is 6.56. The number of nitrogens with one attached hydrogen (secondary N) is 2. The summed E-state index contributed by atoms with van der Waals surface area (Å²) in [6.07, 6.45) is 4.04. The largest absolute Gasteiger partial charge is 0.357 e. The molecule has 2 unspecified atom stereocenters. The summed E-state index contributed by atoms with van der Waals surface area (Å²) < 4.78 is 0. The highest BCUT2D eigenvalue weighted by Crippen LogP contribution is 2.31. The third kappa shape index (κ3) is 6.14. The van der Waals surface area contributed by atoms with E-state index in [-0.39, 0.29) is 30.0 Å². The molecule has 146 valence electrons. The predicted molar refractivity (Wildman–Crippen MR) is 122 cm³/mol. The molecule has 1 aliphatic heterocycles. The van der Waals surface area contributed by atoms with Gasteiger partial charge in [-0.05, 0) is 63.3 Å². The molecule has 1 heterocycles. The van der Waals surface area contributed by atoms with Crippen molar-refractivity contribution < 1.29 is 0 Å². The van der Waals surface area contributed by atoms with Crippen LogP contribution in [0.1, 0.15) is 44.7 Å². The van der Waals surface area contributed by atoms with Gasteiger partial charge in [-0.25, -0.2) is 0 Å². The number of guanidine groups is 1. The van der Waals surface area contributed by atoms with Crippen molar-refractivity contribution in [1.29, 1.82) is 0 Å². The number of hydrogen-bond donors (Lipinski definition) is 2. The van der Waals surface area contributed by atoms with Crippen molar-refractivity contribution in [2.75, 3.05) is 26.2 Å². The van der Waals surface area contributed by atoms with Crippen LogP contribution in [0.2, 0.25) is 10.0 Å². The minimum atomic E-state index is 0. The highest BCUT2D eigenvalue weighted by atomic mass is 127. The Morgan fingerprint density at radius 3 is 2.73 bits per heavy atom. The maximum Gasteiger partial charge on any atom is 0.191 e. The lowest BCUT2D eigenvalue weighted by Gasteiger charge is -2.20. The summed E-state index contributed by atoms with van der Waals surface area (Å²) in [4.78, 5) is 7.46. The minimum Gasteiger partial charge on any atom is -0.357 e. The van der Waals surface area contributed by atoms with Gasteiger partial charge in [-0.1, -0.05) is 29.3 Å². The zero-order chi connectivity index (χ0) is 17.8. The zero-order valence-electron chi connectivity index (χ0n) is 15.5. The summed E-state index contributed by atoms with van der Waals surface area (Å²) in [6.45, 7) is 8.33. The first-order valence-corrected chi connectivity index (χ1v) is 10.1. The van der Waals surface area contributed by atoms with Crippen molar-refractivity contribution in [3.8, 4) is 0 Å². The van der Waals surface area contributed by atoms with E-state index in [1.807, 2.05) is 12.1 Å². The van der Waals surface area contributed by atoms with Gasteiger partial charge in [-0.2, -0.15) is 0 Å². The van der Waals surface area contributed by atoms with Crippen LogP contribution in [-0.2, 0) is 0 Å². The van der Waals surface area contributed by atoms with E-state index in [1.165, 1.54) is 32.4 Å². The van der Waals surface area contributed by atoms with Crippen molar-refractivity contribution in [2.24, 2.45) is 10.9 Å². The molecule has 2 fully saturated rings. The van der Waals surface area contributed by atoms with Crippen molar-refractivity contribution in [1.82, 2.24) is 15.5 Å². The molecule has 1 aliphatic carbocycles. The van der Waals surface area contributed by atoms with Crippen LogP contribution in [-0.4, -0.2) is 43.1 Å². The number of benzene rings is 1. The van der Waals surface area contributed by atoms with Crippen LogP contribution >= 0.6 is 47.2 Å². The molecule has 3 rings (SSSR count). The van der Waals surface area contributed by atoms with Gasteiger partial charge in [-0.3, -0.25) is 4.99 Å². The van der Waals surface area contributed by atoms with E-state index in [1.54, 1.807) is 6.07 Å². The van der Waals surface area contributed by atoms with E-state index in [9.17, 15) is 0 Å². The first kappa shape index (κ1) is 22.1. The van der Waals surface area contributed by atoms with Crippen LogP contribution in [0.15, 0.2) is 23.2 Å². The number of aliphatic imine (C=N–C) groups is 1. The Labute approximate surface area is 184 Å². The molecule has 1 aromatic rings. The Kier molecular flexibility index (Phi) is 8.77. The van der Waals surface area contributed by atoms with Crippen molar-refractivity contribution in [3.05, 3.63) is 33.8 Å². The molecular formula is C19H29Cl2IN4. The number of hydrogen-bond acceptors (Lipinski definition) is 2. The lowest BCUT2D eigenvalue weighted by Crippen LogP contribution is -2.39. The van der Waals surface area contributed by atoms with Gasteiger partial charge in [0.15, 0.2) is 5.96 Å². The van der Waals surface area contributed by atoms with Crippen LogP contribution in [0.25, 0.3) is 0 Å². The fourth-order valence-electron chi connectivity index (χ4n) is 3.46. The normalized spacial score (nSPS) is 22.0. The standard InChI is InChI=1S/C19H28Cl2N4.HI/c1-3-22-19(23-11-14-8-9-25(12-14)16-5-6-16)24-13(2)17-7-4-15(20)10-18(17)21;/h4,7,10,13-14,16H,3,5-6,8-9,11-12H2,1-2H3,(H2,22,23,24);1H. The molecule has 2 atom stereocenters. The second-order valence-corrected chi connectivity index (χ2v) is 7.98. The first-order valence-electron chi connectivity index (χ1n) is 9.30. The van der Waals surface area contributed by atoms with Gasteiger partial charge in [0.25, 0.3) is 0 Å². The number of rotatable bonds is 6. The van der Waals surface area contributed by atoms with Crippen LogP contribution in [0.5, 0.6) is 0 Å². The number of nitrogens with zero attached hydrogens (tertiary/aromatic N) is 2. The molecular weight excluding hydrogens is 482 g/mol. The molecule has 0 spiro atoms. The molecule has 1 saturated carbocycles. The average Bonchev–Trinajstić information content (AvgIpc) is 3.31. The molecule has 0 amide bonds. The van der Waals surface area contributed by atoms with Crippen molar-refractivity contribution in [2.45, 2.75) is 45.2 Å². The lowest BCUT2D eigenvalue weighted by atomic mass is 10.1. The van der Waals surface area contributed by atoms with E-state index in [2.05, 4.69) is 29.4 Å². The fraction of sp³-hybridized carbons (Fsp3) is 0.632. The Hall–Kier alpha value is -0.240. The smallest absolute Gasteiger partial charge is 0.191 e. The third-order valence-corrected chi connectivity index (χ3v) is 5.58. The quantitative estimate of drug-likeness (QED) is 0.330. The highest BCUT2D eigenvalue weighted by molar-refractivity contribution is 14.0. The lowest BCUT2D eigenvalue weighted by molar-refractivity contribution is 0.315. The van der Waals surface area contributed by atoms with E-state index in [0.29, 0.717) is 16.0 Å². The van der Waals surface area contributed by atoms with Gasteiger partial charge < -0.3 is 15.5 Å². The Morgan fingerprint density at radius 1 is 1.31 bits per heavy atom. The van der Waals surface area contributed by atoms with Crippen molar-refractivity contribution in [3.63, 3.8) is 0 Å². The maximum atomic E-state index is 6.33. The van der Waals surface area contributed by atoms with E-state index in [4.69, 9.17) is 28.2 Å². The van der Waals surface area contributed by atoms with Gasteiger partial charge in [0, 0.05) is 35.7 Å². The molecule has 1 aromatic carbocycles. The van der Waals surface area contributed by atoms with Gasteiger partial charge in [0.2, 0.25) is 0 Å². The van der Waals surface area contributed by atoms with Crippen LogP contribution in [0.4, 0.5) is 0 Å². The molecule has 26 heavy (non-hydrogen) atoms. The fourth-order valence-corrected chi connectivity index (χ4v) is 4.03. The molecule has 0 bridgehead atoms. The SMILES string of the molecule is CCNC(=NCC1CCN(C2CC2)C1)NC(C)c1ccc(Cl)cc1Cl.I. The van der Waals surface area contributed by atoms with Gasteiger partial charge in [0.05, 0.1) is 6.04 Å². The Balaban J connectivity index is 0.00000243. The second kappa shape index (κ2) is 10.3. The van der Waals surface area contributed by atoms with E-state index < -0.39 is 0 Å². The third-order valence-electron chi connectivity index (χ3n) is 5.01. The average molecular weight is 511 g/mol. The number of likely N-dealkylation sites (tertiary alicyclic amines) is 1. The zero-order valence-corrected chi connectivity index (χ0v) is 19.3. The van der Waals surface area contributed by atoms with Crippen LogP contribution in [0, 0.1) is 5.92 Å². The molecule has 0 radical (unpaired) electrons. The number of halogens is 3. The van der Waals surface area contributed by atoms with E-state index >= 15 is 0 Å². The summed E-state index contributed by atoms with van der Waals surface area (Å²) in [5, 5.41) is 8.14. The van der Waals surface area contributed by atoms with Crippen molar-refractivity contribution >= 4 is 53.1 Å². The Morgan fingerprint density at radius 2 is 2.08 bits per heavy atom. The van der Waals surface area contributed by atoms with Crippen LogP contribution in [0.3, 0.4) is 0 Å². The van der Waals surface area contributed by atoms with Gasteiger partial charge in [-0.15, -0.1) is 24.0 Å². The summed E-state index contributed by atoms with van der Waals surface area (Å²) in [7, 11) is 0. The topological polar surface area (TPSA) is 39.7 Å². The molecule has 4 nitrogen and oxygen atoms in total. The minimum absolute atomic E-state index is 0. The summed E-state index contributed by atoms with van der Waals surface area (Å²) in [5.41, 5.74) is 1.03. The summed E-state index contributed by atoms with van der Waals surface area (Å²) >= 11 is 12.3. The molecule has 2 N–H and O–H groups in total. The predicted octanol–water partition coefficient (Wildman–Crippen LogP) is 4.71. The monoisotopic (exact) mass is 510 g/mol. The first-order chi connectivity index (χ1) is 12.1. The van der Waals surface area contributed by atoms with Gasteiger partial charge in [0.1, 0.15) is 0 Å². The molecule has 7 heteroatoms. The summed E-state index contributed by atoms with van der Waals surface area (Å²) in [5.74, 6) is 1.52. The second-order valence-electron chi connectivity index (χ2n) is 7.13. The molecule has 2 aliphatic rings.